The van der Waals surface area contributed by atoms with Gasteiger partial charge in [-0.15, -0.1) is 0 Å². The van der Waals surface area contributed by atoms with E-state index in [1.54, 1.807) is 6.07 Å². The molecular formula is C15H14Br2N2O. The molecule has 0 fully saturated rings. The van der Waals surface area contributed by atoms with Crippen molar-refractivity contribution in [2.45, 2.75) is 13.3 Å². The van der Waals surface area contributed by atoms with Crippen LogP contribution in [0.2, 0.25) is 0 Å². The first-order chi connectivity index (χ1) is 9.45. The third-order valence-corrected chi connectivity index (χ3v) is 4.03. The Balaban J connectivity index is 2.10. The topological polar surface area (TPSA) is 55.1 Å². The van der Waals surface area contributed by atoms with E-state index in [2.05, 4.69) is 37.2 Å². The summed E-state index contributed by atoms with van der Waals surface area (Å²) < 4.78 is 1.79. The number of carbonyl (C=O) groups excluding carboxylic acids is 1. The van der Waals surface area contributed by atoms with Gasteiger partial charge in [-0.25, -0.2) is 0 Å². The molecule has 0 saturated carbocycles. The number of anilines is 2. The van der Waals surface area contributed by atoms with Crippen LogP contribution in [0.25, 0.3) is 0 Å². The number of hydrogen-bond donors (Lipinski definition) is 2. The van der Waals surface area contributed by atoms with Gasteiger partial charge in [0.05, 0.1) is 12.1 Å². The lowest BCUT2D eigenvalue weighted by Crippen LogP contribution is -2.15. The SMILES string of the molecule is Cc1cc(Br)c(NC(=O)Cc2cccc(Br)c2)cc1N. The molecule has 2 aromatic carbocycles. The summed E-state index contributed by atoms with van der Waals surface area (Å²) in [5, 5.41) is 2.87. The van der Waals surface area contributed by atoms with Gasteiger partial charge in [0.25, 0.3) is 0 Å². The largest absolute Gasteiger partial charge is 0.398 e. The summed E-state index contributed by atoms with van der Waals surface area (Å²) in [5.41, 5.74) is 9.13. The first-order valence-corrected chi connectivity index (χ1v) is 7.64. The smallest absolute Gasteiger partial charge is 0.228 e. The average Bonchev–Trinajstić information content (AvgIpc) is 2.36. The molecule has 2 rings (SSSR count). The fourth-order valence-corrected chi connectivity index (χ4v) is 2.82. The van der Waals surface area contributed by atoms with Crippen LogP contribution >= 0.6 is 31.9 Å². The predicted octanol–water partition coefficient (Wildman–Crippen LogP) is 4.28. The van der Waals surface area contributed by atoms with Crippen molar-refractivity contribution in [3.8, 4) is 0 Å². The second-order valence-corrected chi connectivity index (χ2v) is 6.31. The average molecular weight is 398 g/mol. The zero-order valence-corrected chi connectivity index (χ0v) is 14.1. The predicted molar refractivity (Wildman–Crippen MR) is 89.8 cm³/mol. The van der Waals surface area contributed by atoms with Crippen molar-refractivity contribution in [1.29, 1.82) is 0 Å². The van der Waals surface area contributed by atoms with E-state index in [-0.39, 0.29) is 5.91 Å². The molecule has 3 nitrogen and oxygen atoms in total. The van der Waals surface area contributed by atoms with E-state index in [1.165, 1.54) is 0 Å². The number of nitrogens with one attached hydrogen (secondary N) is 1. The summed E-state index contributed by atoms with van der Waals surface area (Å²) in [6, 6.07) is 11.3. The van der Waals surface area contributed by atoms with Gasteiger partial charge in [-0.05, 0) is 58.2 Å². The molecule has 5 heteroatoms. The van der Waals surface area contributed by atoms with Gasteiger partial charge in [-0.1, -0.05) is 28.1 Å². The van der Waals surface area contributed by atoms with Crippen LogP contribution in [-0.2, 0) is 11.2 Å². The first kappa shape index (κ1) is 15.1. The molecule has 0 aliphatic heterocycles. The Morgan fingerprint density at radius 1 is 1.25 bits per heavy atom. The molecule has 3 N–H and O–H groups in total. The minimum atomic E-state index is -0.0768. The Morgan fingerprint density at radius 3 is 2.70 bits per heavy atom. The van der Waals surface area contributed by atoms with Gasteiger partial charge in [-0.2, -0.15) is 0 Å². The van der Waals surface area contributed by atoms with Crippen molar-refractivity contribution in [2.24, 2.45) is 0 Å². The lowest BCUT2D eigenvalue weighted by molar-refractivity contribution is -0.115. The Labute approximate surface area is 134 Å². The van der Waals surface area contributed by atoms with Gasteiger partial charge in [0, 0.05) is 14.6 Å². The number of carbonyl (C=O) groups is 1. The van der Waals surface area contributed by atoms with E-state index < -0.39 is 0 Å². The number of rotatable bonds is 3. The number of nitrogens with two attached hydrogens (primary N) is 1. The molecule has 2 aromatic rings. The normalized spacial score (nSPS) is 10.3. The second kappa shape index (κ2) is 6.41. The molecular weight excluding hydrogens is 384 g/mol. The molecule has 0 radical (unpaired) electrons. The lowest BCUT2D eigenvalue weighted by Gasteiger charge is -2.10. The lowest BCUT2D eigenvalue weighted by atomic mass is 10.1. The van der Waals surface area contributed by atoms with Crippen molar-refractivity contribution >= 4 is 49.1 Å². The maximum absolute atomic E-state index is 12.1. The second-order valence-electron chi connectivity index (χ2n) is 4.54. The third-order valence-electron chi connectivity index (χ3n) is 2.88. The van der Waals surface area contributed by atoms with Crippen LogP contribution in [0.4, 0.5) is 11.4 Å². The van der Waals surface area contributed by atoms with Gasteiger partial charge < -0.3 is 11.1 Å². The monoisotopic (exact) mass is 396 g/mol. The highest BCUT2D eigenvalue weighted by Crippen LogP contribution is 2.27. The highest BCUT2D eigenvalue weighted by molar-refractivity contribution is 9.10. The Hall–Kier alpha value is -1.33. The molecule has 0 aromatic heterocycles. The highest BCUT2D eigenvalue weighted by atomic mass is 79.9. The van der Waals surface area contributed by atoms with E-state index in [1.807, 2.05) is 37.3 Å². The van der Waals surface area contributed by atoms with Gasteiger partial charge in [-0.3, -0.25) is 4.79 Å². The Kier molecular flexibility index (Phi) is 4.83. The van der Waals surface area contributed by atoms with Gasteiger partial charge in [0.2, 0.25) is 5.91 Å². The van der Waals surface area contributed by atoms with Crippen LogP contribution in [0.15, 0.2) is 45.3 Å². The molecule has 0 saturated heterocycles. The Morgan fingerprint density at radius 2 is 2.00 bits per heavy atom. The number of nitrogen functional groups attached to an aromatic ring is 1. The zero-order chi connectivity index (χ0) is 14.7. The quantitative estimate of drug-likeness (QED) is 0.759. The summed E-state index contributed by atoms with van der Waals surface area (Å²) in [6.07, 6.45) is 0.319. The molecule has 1 amide bonds. The van der Waals surface area contributed by atoms with Gasteiger partial charge in [0.1, 0.15) is 0 Å². The van der Waals surface area contributed by atoms with Crippen LogP contribution in [-0.4, -0.2) is 5.91 Å². The number of hydrogen-bond acceptors (Lipinski definition) is 2. The molecule has 0 aliphatic carbocycles. The molecule has 0 bridgehead atoms. The van der Waals surface area contributed by atoms with E-state index in [9.17, 15) is 4.79 Å². The first-order valence-electron chi connectivity index (χ1n) is 6.05. The fraction of sp³-hybridized carbons (Fsp3) is 0.133. The summed E-state index contributed by atoms with van der Waals surface area (Å²) in [6.45, 7) is 1.92. The molecule has 20 heavy (non-hydrogen) atoms. The zero-order valence-electron chi connectivity index (χ0n) is 10.9. The molecule has 0 spiro atoms. The van der Waals surface area contributed by atoms with E-state index in [0.29, 0.717) is 17.8 Å². The van der Waals surface area contributed by atoms with Gasteiger partial charge in [0.15, 0.2) is 0 Å². The summed E-state index contributed by atoms with van der Waals surface area (Å²) >= 11 is 6.82. The minimum absolute atomic E-state index is 0.0768. The number of halogens is 2. The summed E-state index contributed by atoms with van der Waals surface area (Å²) in [4.78, 5) is 12.1. The number of amides is 1. The van der Waals surface area contributed by atoms with Crippen LogP contribution in [0.1, 0.15) is 11.1 Å². The van der Waals surface area contributed by atoms with Crippen molar-refractivity contribution in [2.75, 3.05) is 11.1 Å². The fourth-order valence-electron chi connectivity index (χ4n) is 1.81. The van der Waals surface area contributed by atoms with E-state index >= 15 is 0 Å². The van der Waals surface area contributed by atoms with Crippen molar-refractivity contribution in [1.82, 2.24) is 0 Å². The number of benzene rings is 2. The molecule has 0 heterocycles. The van der Waals surface area contributed by atoms with Crippen molar-refractivity contribution in [3.63, 3.8) is 0 Å². The minimum Gasteiger partial charge on any atom is -0.398 e. The maximum Gasteiger partial charge on any atom is 0.228 e. The summed E-state index contributed by atoms with van der Waals surface area (Å²) in [5.74, 6) is -0.0768. The standard InChI is InChI=1S/C15H14Br2N2O/c1-9-5-12(17)14(8-13(9)18)19-15(20)7-10-3-2-4-11(16)6-10/h2-6,8H,7,18H2,1H3,(H,19,20). The number of aryl methyl sites for hydroxylation is 1. The third kappa shape index (κ3) is 3.84. The van der Waals surface area contributed by atoms with Gasteiger partial charge >= 0.3 is 0 Å². The van der Waals surface area contributed by atoms with Crippen LogP contribution in [0.3, 0.4) is 0 Å². The molecule has 0 unspecified atom stereocenters. The van der Waals surface area contributed by atoms with E-state index in [0.717, 1.165) is 20.1 Å². The summed E-state index contributed by atoms with van der Waals surface area (Å²) in [7, 11) is 0. The van der Waals surface area contributed by atoms with Crippen LogP contribution < -0.4 is 11.1 Å². The molecule has 104 valence electrons. The Bertz CT molecular complexity index is 656. The van der Waals surface area contributed by atoms with Crippen molar-refractivity contribution < 1.29 is 4.79 Å². The molecule has 0 atom stereocenters. The highest BCUT2D eigenvalue weighted by Gasteiger charge is 2.09. The van der Waals surface area contributed by atoms with E-state index in [4.69, 9.17) is 5.73 Å². The van der Waals surface area contributed by atoms with Crippen LogP contribution in [0.5, 0.6) is 0 Å². The van der Waals surface area contributed by atoms with Crippen LogP contribution in [0, 0.1) is 6.92 Å². The molecule has 0 aliphatic rings. The van der Waals surface area contributed by atoms with Crippen molar-refractivity contribution in [3.05, 3.63) is 56.5 Å². The maximum atomic E-state index is 12.1.